The highest BCUT2D eigenvalue weighted by atomic mass is 35.5. The third kappa shape index (κ3) is 3.75. The van der Waals surface area contributed by atoms with Crippen molar-refractivity contribution >= 4 is 11.6 Å². The highest BCUT2D eigenvalue weighted by Crippen LogP contribution is 2.38. The lowest BCUT2D eigenvalue weighted by atomic mass is 9.75. The maximum Gasteiger partial charge on any atom is 0.0943 e. The van der Waals surface area contributed by atoms with Crippen molar-refractivity contribution in [2.45, 2.75) is 57.7 Å². The van der Waals surface area contributed by atoms with Gasteiger partial charge in [-0.05, 0) is 56.2 Å². The summed E-state index contributed by atoms with van der Waals surface area (Å²) in [6, 6.07) is 7.72. The van der Waals surface area contributed by atoms with E-state index in [1.54, 1.807) is 0 Å². The maximum atomic E-state index is 10.7. The Balaban J connectivity index is 2.06. The average molecular weight is 297 g/mol. The van der Waals surface area contributed by atoms with Gasteiger partial charge in [0.05, 0.1) is 11.7 Å². The predicted molar refractivity (Wildman–Crippen MR) is 83.2 cm³/mol. The van der Waals surface area contributed by atoms with Gasteiger partial charge in [0, 0.05) is 18.1 Å². The van der Waals surface area contributed by atoms with E-state index in [9.17, 15) is 5.11 Å². The van der Waals surface area contributed by atoms with Crippen LogP contribution in [0.5, 0.6) is 0 Å². The third-order valence-electron chi connectivity index (χ3n) is 4.50. The molecule has 1 N–H and O–H groups in total. The van der Waals surface area contributed by atoms with Crippen LogP contribution in [0.3, 0.4) is 0 Å². The molecule has 0 saturated heterocycles. The summed E-state index contributed by atoms with van der Waals surface area (Å²) >= 11 is 5.90. The summed E-state index contributed by atoms with van der Waals surface area (Å²) in [4.78, 5) is 0. The van der Waals surface area contributed by atoms with Crippen molar-refractivity contribution in [3.63, 3.8) is 0 Å². The van der Waals surface area contributed by atoms with Gasteiger partial charge in [0.1, 0.15) is 0 Å². The summed E-state index contributed by atoms with van der Waals surface area (Å²) in [6.07, 6.45) is 4.37. The van der Waals surface area contributed by atoms with Crippen LogP contribution in [0.25, 0.3) is 0 Å². The Kier molecular flexibility index (Phi) is 5.48. The van der Waals surface area contributed by atoms with Gasteiger partial charge in [-0.1, -0.05) is 30.7 Å². The van der Waals surface area contributed by atoms with Gasteiger partial charge in [-0.2, -0.15) is 0 Å². The Morgan fingerprint density at radius 3 is 2.45 bits per heavy atom. The fourth-order valence-corrected chi connectivity index (χ4v) is 3.27. The van der Waals surface area contributed by atoms with E-state index >= 15 is 0 Å². The minimum Gasteiger partial charge on any atom is -0.390 e. The summed E-state index contributed by atoms with van der Waals surface area (Å²) in [5.41, 5.74) is 0.751. The molecule has 1 aromatic carbocycles. The molecule has 2 nitrogen and oxygen atoms in total. The number of halogens is 1. The molecular formula is C17H25ClO2. The molecule has 3 heteroatoms. The molecule has 1 aromatic rings. The van der Waals surface area contributed by atoms with Gasteiger partial charge >= 0.3 is 0 Å². The summed E-state index contributed by atoms with van der Waals surface area (Å²) < 4.78 is 6.00. The molecule has 20 heavy (non-hydrogen) atoms. The quantitative estimate of drug-likeness (QED) is 0.881. The van der Waals surface area contributed by atoms with Crippen molar-refractivity contribution in [2.24, 2.45) is 5.92 Å². The highest BCUT2D eigenvalue weighted by Gasteiger charge is 2.41. The molecule has 1 atom stereocenters. The third-order valence-corrected chi connectivity index (χ3v) is 4.75. The van der Waals surface area contributed by atoms with Crippen LogP contribution in [0.15, 0.2) is 24.3 Å². The minimum absolute atomic E-state index is 0.360. The molecule has 0 radical (unpaired) electrons. The van der Waals surface area contributed by atoms with Crippen LogP contribution >= 0.6 is 11.6 Å². The van der Waals surface area contributed by atoms with Gasteiger partial charge in [0.25, 0.3) is 0 Å². The molecular weight excluding hydrogens is 272 g/mol. The van der Waals surface area contributed by atoms with E-state index in [2.05, 4.69) is 6.92 Å². The molecule has 1 aliphatic carbocycles. The summed E-state index contributed by atoms with van der Waals surface area (Å²) in [5, 5.41) is 11.4. The van der Waals surface area contributed by atoms with Gasteiger partial charge in [0.15, 0.2) is 0 Å². The van der Waals surface area contributed by atoms with Crippen molar-refractivity contribution in [1.29, 1.82) is 0 Å². The van der Waals surface area contributed by atoms with Gasteiger partial charge < -0.3 is 9.84 Å². The first-order chi connectivity index (χ1) is 9.55. The Bertz CT molecular complexity index is 408. The van der Waals surface area contributed by atoms with Crippen LogP contribution in [0.2, 0.25) is 5.02 Å². The average Bonchev–Trinajstić information content (AvgIpc) is 2.44. The molecule has 0 spiro atoms. The van der Waals surface area contributed by atoms with Crippen LogP contribution in [0.4, 0.5) is 0 Å². The summed E-state index contributed by atoms with van der Waals surface area (Å²) in [7, 11) is 0. The van der Waals surface area contributed by atoms with E-state index < -0.39 is 6.10 Å². The molecule has 2 rings (SSSR count). The number of aliphatic hydroxyl groups is 1. The van der Waals surface area contributed by atoms with Gasteiger partial charge in [0.2, 0.25) is 0 Å². The van der Waals surface area contributed by atoms with Crippen LogP contribution in [-0.4, -0.2) is 23.4 Å². The van der Waals surface area contributed by atoms with Crippen LogP contribution in [0.1, 0.15) is 45.1 Å². The molecule has 1 fully saturated rings. The molecule has 112 valence electrons. The smallest absolute Gasteiger partial charge is 0.0943 e. The highest BCUT2D eigenvalue weighted by molar-refractivity contribution is 6.30. The van der Waals surface area contributed by atoms with Crippen molar-refractivity contribution < 1.29 is 9.84 Å². The number of hydrogen-bond acceptors (Lipinski definition) is 2. The minimum atomic E-state index is -0.448. The first-order valence-electron chi connectivity index (χ1n) is 7.62. The molecule has 0 amide bonds. The molecule has 1 unspecified atom stereocenters. The van der Waals surface area contributed by atoms with Gasteiger partial charge in [-0.3, -0.25) is 0 Å². The second kappa shape index (κ2) is 6.93. The first kappa shape index (κ1) is 15.8. The van der Waals surface area contributed by atoms with Crippen molar-refractivity contribution in [3.05, 3.63) is 34.9 Å². The van der Waals surface area contributed by atoms with Crippen LogP contribution in [-0.2, 0) is 11.2 Å². The topological polar surface area (TPSA) is 29.5 Å². The SMILES string of the molecule is CCOC1(C(O)Cc2ccc(Cl)cc2)CCC(C)CC1. The summed E-state index contributed by atoms with van der Waals surface area (Å²) in [5.74, 6) is 0.742. The molecule has 1 saturated carbocycles. The maximum absolute atomic E-state index is 10.7. The summed E-state index contributed by atoms with van der Waals surface area (Å²) in [6.45, 7) is 4.95. The molecule has 1 aliphatic rings. The van der Waals surface area contributed by atoms with E-state index in [0.717, 1.165) is 42.2 Å². The fourth-order valence-electron chi connectivity index (χ4n) is 3.14. The molecule has 0 heterocycles. The van der Waals surface area contributed by atoms with E-state index in [1.807, 2.05) is 31.2 Å². The zero-order valence-electron chi connectivity index (χ0n) is 12.4. The Morgan fingerprint density at radius 2 is 1.90 bits per heavy atom. The monoisotopic (exact) mass is 296 g/mol. The molecule has 0 aliphatic heterocycles. The Morgan fingerprint density at radius 1 is 1.30 bits per heavy atom. The van der Waals surface area contributed by atoms with E-state index in [4.69, 9.17) is 16.3 Å². The van der Waals surface area contributed by atoms with Gasteiger partial charge in [-0.25, -0.2) is 0 Å². The first-order valence-corrected chi connectivity index (χ1v) is 8.00. The molecule has 0 bridgehead atoms. The lowest BCUT2D eigenvalue weighted by Crippen LogP contribution is -2.48. The Labute approximate surface area is 127 Å². The second-order valence-electron chi connectivity index (χ2n) is 6.03. The van der Waals surface area contributed by atoms with Crippen molar-refractivity contribution in [1.82, 2.24) is 0 Å². The van der Waals surface area contributed by atoms with Crippen LogP contribution in [0, 0.1) is 5.92 Å². The normalized spacial score (nSPS) is 28.3. The van der Waals surface area contributed by atoms with E-state index in [-0.39, 0.29) is 5.60 Å². The number of rotatable bonds is 5. The standard InChI is InChI=1S/C17H25ClO2/c1-3-20-17(10-8-13(2)9-11-17)16(19)12-14-4-6-15(18)7-5-14/h4-7,13,16,19H,3,8-12H2,1-2H3. The number of benzene rings is 1. The predicted octanol–water partition coefficient (Wildman–Crippen LogP) is 4.23. The van der Waals surface area contributed by atoms with Gasteiger partial charge in [-0.15, -0.1) is 0 Å². The second-order valence-corrected chi connectivity index (χ2v) is 6.46. The lowest BCUT2D eigenvalue weighted by Gasteiger charge is -2.42. The fraction of sp³-hybridized carbons (Fsp3) is 0.647. The Hall–Kier alpha value is -0.570. The largest absolute Gasteiger partial charge is 0.390 e. The van der Waals surface area contributed by atoms with E-state index in [0.29, 0.717) is 13.0 Å². The zero-order valence-corrected chi connectivity index (χ0v) is 13.2. The van der Waals surface area contributed by atoms with E-state index in [1.165, 1.54) is 0 Å². The number of ether oxygens (including phenoxy) is 1. The molecule has 0 aromatic heterocycles. The van der Waals surface area contributed by atoms with Crippen molar-refractivity contribution in [2.75, 3.05) is 6.61 Å². The zero-order chi connectivity index (χ0) is 14.6. The van der Waals surface area contributed by atoms with Crippen LogP contribution < -0.4 is 0 Å². The van der Waals surface area contributed by atoms with Crippen molar-refractivity contribution in [3.8, 4) is 0 Å². The number of aliphatic hydroxyl groups excluding tert-OH is 1. The lowest BCUT2D eigenvalue weighted by molar-refractivity contribution is -0.143. The number of hydrogen-bond donors (Lipinski definition) is 1.